The molecule has 0 aliphatic carbocycles. The quantitative estimate of drug-likeness (QED) is 0.824. The summed E-state index contributed by atoms with van der Waals surface area (Å²) in [6, 6.07) is 4.53. The van der Waals surface area contributed by atoms with Crippen molar-refractivity contribution in [1.29, 1.82) is 0 Å². The second-order valence-electron chi connectivity index (χ2n) is 4.44. The third kappa shape index (κ3) is 2.16. The summed E-state index contributed by atoms with van der Waals surface area (Å²) in [6.07, 6.45) is 0. The maximum atomic E-state index is 13.1. The van der Waals surface area contributed by atoms with Crippen LogP contribution in [0.1, 0.15) is 29.9 Å². The van der Waals surface area contributed by atoms with Gasteiger partial charge >= 0.3 is 0 Å². The first kappa shape index (κ1) is 11.6. The molecule has 0 aliphatic rings. The van der Waals surface area contributed by atoms with E-state index in [9.17, 15) is 9.18 Å². The first-order chi connectivity index (χ1) is 7.99. The minimum atomic E-state index is -0.296. The van der Waals surface area contributed by atoms with E-state index in [1.165, 1.54) is 12.1 Å². The molecule has 17 heavy (non-hydrogen) atoms. The third-order valence-electron chi connectivity index (χ3n) is 2.67. The van der Waals surface area contributed by atoms with Gasteiger partial charge in [-0.2, -0.15) is 0 Å². The Morgan fingerprint density at radius 3 is 2.76 bits per heavy atom. The molecule has 0 fully saturated rings. The lowest BCUT2D eigenvalue weighted by Crippen LogP contribution is -2.30. The van der Waals surface area contributed by atoms with Crippen LogP contribution in [-0.2, 0) is 0 Å². The number of carbonyl (C=O) groups excluding carboxylic acids is 1. The van der Waals surface area contributed by atoms with Gasteiger partial charge in [0.2, 0.25) is 0 Å². The number of halogens is 1. The zero-order valence-electron chi connectivity index (χ0n) is 10.1. The van der Waals surface area contributed by atoms with Crippen molar-refractivity contribution in [1.82, 2.24) is 10.3 Å². The Labute approximate surface area is 99.0 Å². The van der Waals surface area contributed by atoms with Crippen molar-refractivity contribution >= 4 is 16.8 Å². The third-order valence-corrected chi connectivity index (χ3v) is 2.67. The van der Waals surface area contributed by atoms with Crippen LogP contribution in [0, 0.1) is 12.7 Å². The van der Waals surface area contributed by atoms with E-state index in [1.807, 2.05) is 20.8 Å². The Morgan fingerprint density at radius 1 is 1.41 bits per heavy atom. The van der Waals surface area contributed by atoms with Crippen LogP contribution in [0.15, 0.2) is 18.2 Å². The van der Waals surface area contributed by atoms with Gasteiger partial charge < -0.3 is 10.3 Å². The molecular weight excluding hydrogens is 219 g/mol. The van der Waals surface area contributed by atoms with Crippen LogP contribution in [0.5, 0.6) is 0 Å². The maximum Gasteiger partial charge on any atom is 0.268 e. The Morgan fingerprint density at radius 2 is 2.12 bits per heavy atom. The van der Waals surface area contributed by atoms with Gasteiger partial charge in [-0.1, -0.05) is 0 Å². The van der Waals surface area contributed by atoms with E-state index in [0.717, 1.165) is 16.5 Å². The van der Waals surface area contributed by atoms with Crippen molar-refractivity contribution in [3.8, 4) is 0 Å². The molecule has 2 N–H and O–H groups in total. The lowest BCUT2D eigenvalue weighted by atomic mass is 10.1. The van der Waals surface area contributed by atoms with Gasteiger partial charge in [0.25, 0.3) is 5.91 Å². The topological polar surface area (TPSA) is 44.9 Å². The number of aromatic nitrogens is 1. The first-order valence-corrected chi connectivity index (χ1v) is 5.57. The smallest absolute Gasteiger partial charge is 0.268 e. The average molecular weight is 234 g/mol. The molecule has 0 saturated carbocycles. The minimum Gasteiger partial charge on any atom is -0.350 e. The molecule has 3 nitrogen and oxygen atoms in total. The molecule has 90 valence electrons. The van der Waals surface area contributed by atoms with Gasteiger partial charge in [0.15, 0.2) is 0 Å². The fourth-order valence-electron chi connectivity index (χ4n) is 1.86. The van der Waals surface area contributed by atoms with Gasteiger partial charge in [0.05, 0.1) is 0 Å². The van der Waals surface area contributed by atoms with Crippen molar-refractivity contribution < 1.29 is 9.18 Å². The highest BCUT2D eigenvalue weighted by molar-refractivity contribution is 6.00. The standard InChI is InChI=1S/C13H15FN2O/c1-7(2)15-13(17)12-8(3)10-6-9(14)4-5-11(10)16-12/h4-7,16H,1-3H3,(H,15,17). The molecule has 2 rings (SSSR count). The lowest BCUT2D eigenvalue weighted by Gasteiger charge is -2.07. The van der Waals surface area contributed by atoms with Gasteiger partial charge in [-0.25, -0.2) is 4.39 Å². The van der Waals surface area contributed by atoms with Crippen LogP contribution in [0.3, 0.4) is 0 Å². The van der Waals surface area contributed by atoms with Gasteiger partial charge in [0.1, 0.15) is 11.5 Å². The van der Waals surface area contributed by atoms with Crippen LogP contribution in [0.25, 0.3) is 10.9 Å². The molecule has 0 aliphatic heterocycles. The predicted octanol–water partition coefficient (Wildman–Crippen LogP) is 2.75. The number of rotatable bonds is 2. The van der Waals surface area contributed by atoms with E-state index in [-0.39, 0.29) is 17.8 Å². The van der Waals surface area contributed by atoms with Gasteiger partial charge in [-0.05, 0) is 44.5 Å². The van der Waals surface area contributed by atoms with Crippen LogP contribution >= 0.6 is 0 Å². The molecule has 0 atom stereocenters. The van der Waals surface area contributed by atoms with E-state index >= 15 is 0 Å². The second kappa shape index (κ2) is 4.20. The Balaban J connectivity index is 2.49. The number of H-pyrrole nitrogens is 1. The number of hydrogen-bond donors (Lipinski definition) is 2. The van der Waals surface area contributed by atoms with Gasteiger partial charge in [-0.15, -0.1) is 0 Å². The summed E-state index contributed by atoms with van der Waals surface area (Å²) in [4.78, 5) is 14.9. The van der Waals surface area contributed by atoms with E-state index < -0.39 is 0 Å². The molecule has 0 unspecified atom stereocenters. The van der Waals surface area contributed by atoms with Crippen molar-refractivity contribution in [3.63, 3.8) is 0 Å². The molecule has 1 amide bonds. The zero-order chi connectivity index (χ0) is 12.6. The van der Waals surface area contributed by atoms with Crippen molar-refractivity contribution in [2.75, 3.05) is 0 Å². The molecule has 0 bridgehead atoms. The SMILES string of the molecule is Cc1c(C(=O)NC(C)C)[nH]c2ccc(F)cc12. The monoisotopic (exact) mass is 234 g/mol. The number of nitrogens with one attached hydrogen (secondary N) is 2. The van der Waals surface area contributed by atoms with Gasteiger partial charge in [0, 0.05) is 16.9 Å². The molecule has 0 saturated heterocycles. The largest absolute Gasteiger partial charge is 0.350 e. The Bertz CT molecular complexity index is 572. The van der Waals surface area contributed by atoms with E-state index in [1.54, 1.807) is 6.07 Å². The molecule has 0 radical (unpaired) electrons. The van der Waals surface area contributed by atoms with E-state index in [0.29, 0.717) is 5.69 Å². The molecule has 1 aromatic carbocycles. The number of fused-ring (bicyclic) bond motifs is 1. The molecule has 0 spiro atoms. The summed E-state index contributed by atoms with van der Waals surface area (Å²) in [5.74, 6) is -0.454. The van der Waals surface area contributed by atoms with Crippen LogP contribution in [-0.4, -0.2) is 16.9 Å². The number of amides is 1. The summed E-state index contributed by atoms with van der Waals surface area (Å²) >= 11 is 0. The second-order valence-corrected chi connectivity index (χ2v) is 4.44. The normalized spacial score (nSPS) is 11.1. The highest BCUT2D eigenvalue weighted by Crippen LogP contribution is 2.22. The lowest BCUT2D eigenvalue weighted by molar-refractivity contribution is 0.0938. The van der Waals surface area contributed by atoms with E-state index in [2.05, 4.69) is 10.3 Å². The highest BCUT2D eigenvalue weighted by Gasteiger charge is 2.15. The summed E-state index contributed by atoms with van der Waals surface area (Å²) in [6.45, 7) is 5.61. The molecule has 4 heteroatoms. The minimum absolute atomic E-state index is 0.0741. The summed E-state index contributed by atoms with van der Waals surface area (Å²) in [7, 11) is 0. The van der Waals surface area contributed by atoms with Crippen LogP contribution in [0.4, 0.5) is 4.39 Å². The fourth-order valence-corrected chi connectivity index (χ4v) is 1.86. The fraction of sp³-hybridized carbons (Fsp3) is 0.308. The summed E-state index contributed by atoms with van der Waals surface area (Å²) < 4.78 is 13.1. The van der Waals surface area contributed by atoms with Crippen LogP contribution in [0.2, 0.25) is 0 Å². The molecule has 1 aromatic heterocycles. The van der Waals surface area contributed by atoms with Gasteiger partial charge in [-0.3, -0.25) is 4.79 Å². The highest BCUT2D eigenvalue weighted by atomic mass is 19.1. The number of benzene rings is 1. The number of aromatic amines is 1. The molecule has 1 heterocycles. The van der Waals surface area contributed by atoms with Crippen molar-refractivity contribution in [2.24, 2.45) is 0 Å². The Kier molecular flexibility index (Phi) is 2.88. The zero-order valence-corrected chi connectivity index (χ0v) is 10.1. The summed E-state index contributed by atoms with van der Waals surface area (Å²) in [5.41, 5.74) is 2.05. The molecular formula is C13H15FN2O. The summed E-state index contributed by atoms with van der Waals surface area (Å²) in [5, 5.41) is 3.56. The van der Waals surface area contributed by atoms with E-state index in [4.69, 9.17) is 0 Å². The number of carbonyl (C=O) groups is 1. The average Bonchev–Trinajstić information content (AvgIpc) is 2.55. The van der Waals surface area contributed by atoms with Crippen molar-refractivity contribution in [2.45, 2.75) is 26.8 Å². The maximum absolute atomic E-state index is 13.1. The number of hydrogen-bond acceptors (Lipinski definition) is 1. The molecule has 2 aromatic rings. The number of aryl methyl sites for hydroxylation is 1. The van der Waals surface area contributed by atoms with Crippen LogP contribution < -0.4 is 5.32 Å². The van der Waals surface area contributed by atoms with Crippen molar-refractivity contribution in [3.05, 3.63) is 35.3 Å². The predicted molar refractivity (Wildman–Crippen MR) is 65.6 cm³/mol. The Hall–Kier alpha value is -1.84. The first-order valence-electron chi connectivity index (χ1n) is 5.57.